The molecule has 0 spiro atoms. The van der Waals surface area contributed by atoms with Crippen LogP contribution in [0.5, 0.6) is 0 Å². The molecule has 2 aromatic carbocycles. The van der Waals surface area contributed by atoms with Gasteiger partial charge in [0.05, 0.1) is 25.9 Å². The number of hydrogen-bond donors (Lipinski definition) is 1. The van der Waals surface area contributed by atoms with Crippen molar-refractivity contribution < 1.29 is 9.47 Å². The molecule has 3 heteroatoms. The van der Waals surface area contributed by atoms with Crippen LogP contribution in [0.25, 0.3) is 10.8 Å². The van der Waals surface area contributed by atoms with E-state index in [2.05, 4.69) is 54.7 Å². The number of fused-ring (bicyclic) bond motifs is 1. The molecule has 114 valence electrons. The predicted molar refractivity (Wildman–Crippen MR) is 87.7 cm³/mol. The molecule has 0 bridgehead atoms. The normalized spacial score (nSPS) is 12.7. The van der Waals surface area contributed by atoms with Gasteiger partial charge in [-0.1, -0.05) is 49.4 Å². The first-order chi connectivity index (χ1) is 10.4. The third-order valence-corrected chi connectivity index (χ3v) is 3.55. The molecular formula is C18H25NO2. The van der Waals surface area contributed by atoms with Gasteiger partial charge in [0.1, 0.15) is 0 Å². The molecule has 1 N–H and O–H groups in total. The maximum Gasteiger partial charge on any atom is 0.0701 e. The molecule has 0 heterocycles. The van der Waals surface area contributed by atoms with E-state index in [9.17, 15) is 0 Å². The predicted octanol–water partition coefficient (Wildman–Crippen LogP) is 3.54. The van der Waals surface area contributed by atoms with Crippen LogP contribution in [-0.2, 0) is 9.47 Å². The van der Waals surface area contributed by atoms with E-state index in [-0.39, 0.29) is 6.04 Å². The quantitative estimate of drug-likeness (QED) is 0.716. The Balaban J connectivity index is 1.96. The fourth-order valence-electron chi connectivity index (χ4n) is 2.45. The van der Waals surface area contributed by atoms with Crippen molar-refractivity contribution in [2.24, 2.45) is 0 Å². The van der Waals surface area contributed by atoms with Crippen molar-refractivity contribution in [3.05, 3.63) is 48.0 Å². The van der Waals surface area contributed by atoms with Crippen molar-refractivity contribution in [1.82, 2.24) is 5.32 Å². The van der Waals surface area contributed by atoms with Gasteiger partial charge in [0.25, 0.3) is 0 Å². The lowest BCUT2D eigenvalue weighted by Gasteiger charge is -2.19. The third kappa shape index (κ3) is 4.53. The van der Waals surface area contributed by atoms with E-state index in [1.54, 1.807) is 0 Å². The number of likely N-dealkylation sites (N-methyl/N-ethyl adjacent to an activating group) is 1. The summed E-state index contributed by atoms with van der Waals surface area (Å²) in [6.45, 7) is 4.88. The number of nitrogens with one attached hydrogen (secondary N) is 1. The largest absolute Gasteiger partial charge is 0.379 e. The van der Waals surface area contributed by atoms with Crippen LogP contribution in [0.4, 0.5) is 0 Å². The molecule has 21 heavy (non-hydrogen) atoms. The smallest absolute Gasteiger partial charge is 0.0701 e. The third-order valence-electron chi connectivity index (χ3n) is 3.55. The Morgan fingerprint density at radius 1 is 0.952 bits per heavy atom. The standard InChI is InChI=1S/C18H25NO2/c1-3-11-20-12-13-21-14-18(19-2)17-10-6-8-15-7-4-5-9-16(15)17/h4-10,18-19H,3,11-14H2,1-2H3. The van der Waals surface area contributed by atoms with Gasteiger partial charge < -0.3 is 14.8 Å². The van der Waals surface area contributed by atoms with Gasteiger partial charge in [0, 0.05) is 6.61 Å². The fourth-order valence-corrected chi connectivity index (χ4v) is 2.45. The maximum absolute atomic E-state index is 5.75. The number of ether oxygens (including phenoxy) is 2. The van der Waals surface area contributed by atoms with Gasteiger partial charge >= 0.3 is 0 Å². The second kappa shape index (κ2) is 8.78. The average Bonchev–Trinajstić information content (AvgIpc) is 2.54. The zero-order valence-electron chi connectivity index (χ0n) is 13.0. The molecule has 0 aliphatic heterocycles. The van der Waals surface area contributed by atoms with Gasteiger partial charge in [-0.05, 0) is 29.8 Å². The lowest BCUT2D eigenvalue weighted by molar-refractivity contribution is 0.0400. The maximum atomic E-state index is 5.75. The van der Waals surface area contributed by atoms with Crippen molar-refractivity contribution in [3.8, 4) is 0 Å². The lowest BCUT2D eigenvalue weighted by Crippen LogP contribution is -2.23. The molecule has 1 unspecified atom stereocenters. The average molecular weight is 287 g/mol. The Bertz CT molecular complexity index is 536. The molecule has 0 fully saturated rings. The highest BCUT2D eigenvalue weighted by molar-refractivity contribution is 5.86. The summed E-state index contributed by atoms with van der Waals surface area (Å²) >= 11 is 0. The van der Waals surface area contributed by atoms with Crippen LogP contribution in [0.15, 0.2) is 42.5 Å². The van der Waals surface area contributed by atoms with Crippen LogP contribution in [0, 0.1) is 0 Å². The van der Waals surface area contributed by atoms with Crippen LogP contribution >= 0.6 is 0 Å². The summed E-state index contributed by atoms with van der Waals surface area (Å²) in [5.74, 6) is 0. The summed E-state index contributed by atoms with van der Waals surface area (Å²) < 4.78 is 11.2. The zero-order chi connectivity index (χ0) is 14.9. The van der Waals surface area contributed by atoms with E-state index < -0.39 is 0 Å². The van der Waals surface area contributed by atoms with Crippen LogP contribution in [0.1, 0.15) is 24.9 Å². The second-order valence-corrected chi connectivity index (χ2v) is 5.10. The van der Waals surface area contributed by atoms with E-state index >= 15 is 0 Å². The Hall–Kier alpha value is -1.42. The van der Waals surface area contributed by atoms with Crippen LogP contribution in [0.3, 0.4) is 0 Å². The summed E-state index contributed by atoms with van der Waals surface area (Å²) in [6.07, 6.45) is 1.05. The van der Waals surface area contributed by atoms with E-state index in [1.807, 2.05) is 7.05 Å². The molecule has 0 aromatic heterocycles. The van der Waals surface area contributed by atoms with Gasteiger partial charge in [0.15, 0.2) is 0 Å². The van der Waals surface area contributed by atoms with Gasteiger partial charge in [0.2, 0.25) is 0 Å². The molecule has 1 atom stereocenters. The minimum Gasteiger partial charge on any atom is -0.379 e. The Morgan fingerprint density at radius 2 is 1.71 bits per heavy atom. The first-order valence-electron chi connectivity index (χ1n) is 7.67. The molecule has 0 aliphatic rings. The Labute approximate surface area is 127 Å². The lowest BCUT2D eigenvalue weighted by atomic mass is 9.99. The number of rotatable bonds is 9. The number of benzene rings is 2. The topological polar surface area (TPSA) is 30.5 Å². The molecule has 2 rings (SSSR count). The van der Waals surface area contributed by atoms with Crippen LogP contribution in [-0.4, -0.2) is 33.5 Å². The van der Waals surface area contributed by atoms with Crippen LogP contribution < -0.4 is 5.32 Å². The van der Waals surface area contributed by atoms with Gasteiger partial charge in [-0.2, -0.15) is 0 Å². The highest BCUT2D eigenvalue weighted by Gasteiger charge is 2.12. The summed E-state index contributed by atoms with van der Waals surface area (Å²) in [5, 5.41) is 5.89. The van der Waals surface area contributed by atoms with Crippen LogP contribution in [0.2, 0.25) is 0 Å². The SMILES string of the molecule is CCCOCCOCC(NC)c1cccc2ccccc12. The Morgan fingerprint density at radius 3 is 2.52 bits per heavy atom. The van der Waals surface area contributed by atoms with Gasteiger partial charge in [-0.3, -0.25) is 0 Å². The fraction of sp³-hybridized carbons (Fsp3) is 0.444. The molecule has 0 amide bonds. The van der Waals surface area contributed by atoms with Gasteiger partial charge in [-0.25, -0.2) is 0 Å². The molecule has 3 nitrogen and oxygen atoms in total. The van der Waals surface area contributed by atoms with E-state index in [0.717, 1.165) is 13.0 Å². The minimum absolute atomic E-state index is 0.197. The molecule has 0 saturated heterocycles. The zero-order valence-corrected chi connectivity index (χ0v) is 13.0. The van der Waals surface area contributed by atoms with Gasteiger partial charge in [-0.15, -0.1) is 0 Å². The summed E-state index contributed by atoms with van der Waals surface area (Å²) in [5.41, 5.74) is 1.28. The molecule has 0 radical (unpaired) electrons. The van der Waals surface area contributed by atoms with E-state index in [0.29, 0.717) is 19.8 Å². The highest BCUT2D eigenvalue weighted by atomic mass is 16.5. The van der Waals surface area contributed by atoms with E-state index in [1.165, 1.54) is 16.3 Å². The van der Waals surface area contributed by atoms with Crippen molar-refractivity contribution in [2.45, 2.75) is 19.4 Å². The summed E-state index contributed by atoms with van der Waals surface area (Å²) in [7, 11) is 1.98. The first-order valence-corrected chi connectivity index (χ1v) is 7.67. The molecule has 2 aromatic rings. The molecule has 0 saturated carbocycles. The van der Waals surface area contributed by atoms with Crippen molar-refractivity contribution in [2.75, 3.05) is 33.5 Å². The highest BCUT2D eigenvalue weighted by Crippen LogP contribution is 2.24. The molecular weight excluding hydrogens is 262 g/mol. The summed E-state index contributed by atoms with van der Waals surface area (Å²) in [4.78, 5) is 0. The summed E-state index contributed by atoms with van der Waals surface area (Å²) in [6, 6.07) is 15.1. The van der Waals surface area contributed by atoms with Crippen molar-refractivity contribution in [3.63, 3.8) is 0 Å². The van der Waals surface area contributed by atoms with Crippen molar-refractivity contribution in [1.29, 1.82) is 0 Å². The minimum atomic E-state index is 0.197. The molecule has 0 aliphatic carbocycles. The van der Waals surface area contributed by atoms with E-state index in [4.69, 9.17) is 9.47 Å². The number of hydrogen-bond acceptors (Lipinski definition) is 3. The second-order valence-electron chi connectivity index (χ2n) is 5.10. The van der Waals surface area contributed by atoms with Crippen molar-refractivity contribution >= 4 is 10.8 Å². The Kier molecular flexibility index (Phi) is 6.67. The first kappa shape index (κ1) is 16.0. The monoisotopic (exact) mass is 287 g/mol.